The Labute approximate surface area is 105 Å². The normalized spacial score (nSPS) is 11.1. The number of unbranched alkanes of at least 4 members (excludes halogenated alkanes) is 1. The van der Waals surface area contributed by atoms with Gasteiger partial charge in [-0.15, -0.1) is 0 Å². The van der Waals surface area contributed by atoms with E-state index in [-0.39, 0.29) is 0 Å². The molecular weight excluding hydrogens is 210 g/mol. The number of ether oxygens (including phenoxy) is 1. The Bertz CT molecular complexity index is 310. The van der Waals surface area contributed by atoms with Crippen molar-refractivity contribution < 1.29 is 4.74 Å². The second kappa shape index (κ2) is 8.26. The van der Waals surface area contributed by atoms with E-state index in [9.17, 15) is 0 Å². The lowest BCUT2D eigenvalue weighted by molar-refractivity contribution is 0.185. The third-order valence-corrected chi connectivity index (χ3v) is 2.75. The van der Waals surface area contributed by atoms with Crippen molar-refractivity contribution in [1.29, 1.82) is 0 Å². The van der Waals surface area contributed by atoms with Gasteiger partial charge in [-0.1, -0.05) is 38.1 Å². The molecule has 0 aromatic heterocycles. The summed E-state index contributed by atoms with van der Waals surface area (Å²) in [5.74, 6) is 0. The Hall–Kier alpha value is -0.860. The van der Waals surface area contributed by atoms with Crippen molar-refractivity contribution in [2.24, 2.45) is 0 Å². The van der Waals surface area contributed by atoms with Crippen molar-refractivity contribution in [3.8, 4) is 0 Å². The first-order chi connectivity index (χ1) is 8.22. The molecule has 2 nitrogen and oxygen atoms in total. The van der Waals surface area contributed by atoms with Crippen LogP contribution in [0, 0.1) is 0 Å². The molecule has 0 saturated carbocycles. The van der Waals surface area contributed by atoms with E-state index in [0.29, 0.717) is 12.6 Å². The number of benzene rings is 1. The lowest BCUT2D eigenvalue weighted by Crippen LogP contribution is -2.23. The summed E-state index contributed by atoms with van der Waals surface area (Å²) in [6.07, 6.45) is 3.65. The van der Waals surface area contributed by atoms with E-state index in [1.807, 2.05) is 0 Å². The highest BCUT2D eigenvalue weighted by atomic mass is 16.5. The van der Waals surface area contributed by atoms with Gasteiger partial charge in [0.15, 0.2) is 0 Å². The van der Waals surface area contributed by atoms with Crippen molar-refractivity contribution in [1.82, 2.24) is 5.32 Å². The third kappa shape index (κ3) is 6.44. The fraction of sp³-hybridized carbons (Fsp3) is 0.600. The summed E-state index contributed by atoms with van der Waals surface area (Å²) in [7, 11) is 1.74. The molecule has 96 valence electrons. The summed E-state index contributed by atoms with van der Waals surface area (Å²) in [4.78, 5) is 0. The lowest BCUT2D eigenvalue weighted by Gasteiger charge is -2.08. The van der Waals surface area contributed by atoms with Gasteiger partial charge in [-0.25, -0.2) is 0 Å². The van der Waals surface area contributed by atoms with E-state index in [2.05, 4.69) is 43.4 Å². The molecule has 0 aliphatic carbocycles. The Morgan fingerprint density at radius 3 is 2.65 bits per heavy atom. The minimum absolute atomic E-state index is 0.597. The zero-order valence-corrected chi connectivity index (χ0v) is 11.3. The maximum absolute atomic E-state index is 5.14. The van der Waals surface area contributed by atoms with E-state index in [4.69, 9.17) is 4.74 Å². The highest BCUT2D eigenvalue weighted by molar-refractivity contribution is 5.23. The van der Waals surface area contributed by atoms with Crippen LogP contribution in [0.15, 0.2) is 24.3 Å². The SMILES string of the molecule is COCc1cccc(CCCCNC(C)C)c1. The van der Waals surface area contributed by atoms with Gasteiger partial charge in [0.2, 0.25) is 0 Å². The average Bonchev–Trinajstić information content (AvgIpc) is 2.29. The summed E-state index contributed by atoms with van der Waals surface area (Å²) in [6, 6.07) is 9.29. The molecule has 17 heavy (non-hydrogen) atoms. The highest BCUT2D eigenvalue weighted by Crippen LogP contribution is 2.09. The quantitative estimate of drug-likeness (QED) is 0.699. The molecule has 0 unspecified atom stereocenters. The van der Waals surface area contributed by atoms with Crippen molar-refractivity contribution in [2.45, 2.75) is 45.8 Å². The van der Waals surface area contributed by atoms with Crippen molar-refractivity contribution in [3.63, 3.8) is 0 Å². The lowest BCUT2D eigenvalue weighted by atomic mass is 10.1. The van der Waals surface area contributed by atoms with Crippen LogP contribution >= 0.6 is 0 Å². The molecule has 0 spiro atoms. The highest BCUT2D eigenvalue weighted by Gasteiger charge is 1.97. The molecule has 0 bridgehead atoms. The zero-order valence-electron chi connectivity index (χ0n) is 11.3. The van der Waals surface area contributed by atoms with Gasteiger partial charge in [-0.3, -0.25) is 0 Å². The second-order valence-corrected chi connectivity index (χ2v) is 4.82. The van der Waals surface area contributed by atoms with Crippen LogP contribution in [0.5, 0.6) is 0 Å². The van der Waals surface area contributed by atoms with Gasteiger partial charge in [0.25, 0.3) is 0 Å². The van der Waals surface area contributed by atoms with Crippen LogP contribution in [-0.4, -0.2) is 19.7 Å². The fourth-order valence-electron chi connectivity index (χ4n) is 1.89. The predicted octanol–water partition coefficient (Wildman–Crippen LogP) is 3.15. The Morgan fingerprint density at radius 1 is 1.18 bits per heavy atom. The molecule has 1 aromatic rings. The van der Waals surface area contributed by atoms with Crippen LogP contribution < -0.4 is 5.32 Å². The summed E-state index contributed by atoms with van der Waals surface area (Å²) < 4.78 is 5.14. The number of nitrogens with one attached hydrogen (secondary N) is 1. The third-order valence-electron chi connectivity index (χ3n) is 2.75. The summed E-state index contributed by atoms with van der Waals surface area (Å²) in [5.41, 5.74) is 2.69. The van der Waals surface area contributed by atoms with Gasteiger partial charge in [-0.05, 0) is 36.9 Å². The molecule has 0 heterocycles. The average molecular weight is 235 g/mol. The van der Waals surface area contributed by atoms with Crippen molar-refractivity contribution in [3.05, 3.63) is 35.4 Å². The Kier molecular flexibility index (Phi) is 6.90. The maximum atomic E-state index is 5.14. The van der Waals surface area contributed by atoms with Crippen LogP contribution in [0.25, 0.3) is 0 Å². The van der Waals surface area contributed by atoms with Crippen LogP contribution in [0.3, 0.4) is 0 Å². The topological polar surface area (TPSA) is 21.3 Å². The molecule has 0 aliphatic heterocycles. The van der Waals surface area contributed by atoms with Crippen LogP contribution in [0.1, 0.15) is 37.8 Å². The van der Waals surface area contributed by atoms with Gasteiger partial charge in [0, 0.05) is 13.2 Å². The monoisotopic (exact) mass is 235 g/mol. The first-order valence-electron chi connectivity index (χ1n) is 6.52. The number of hydrogen-bond acceptors (Lipinski definition) is 2. The number of methoxy groups -OCH3 is 1. The van der Waals surface area contributed by atoms with E-state index in [0.717, 1.165) is 13.0 Å². The number of rotatable bonds is 8. The van der Waals surface area contributed by atoms with Gasteiger partial charge in [-0.2, -0.15) is 0 Å². The van der Waals surface area contributed by atoms with Gasteiger partial charge >= 0.3 is 0 Å². The Morgan fingerprint density at radius 2 is 1.94 bits per heavy atom. The zero-order chi connectivity index (χ0) is 12.5. The summed E-state index contributed by atoms with van der Waals surface area (Å²) in [6.45, 7) is 6.21. The first kappa shape index (κ1) is 14.2. The molecule has 2 heteroatoms. The molecule has 0 fully saturated rings. The first-order valence-corrected chi connectivity index (χ1v) is 6.52. The molecule has 1 N–H and O–H groups in total. The van der Waals surface area contributed by atoms with E-state index in [1.165, 1.54) is 24.0 Å². The smallest absolute Gasteiger partial charge is 0.0713 e. The number of hydrogen-bond donors (Lipinski definition) is 1. The minimum Gasteiger partial charge on any atom is -0.380 e. The standard InChI is InChI=1S/C15H25NO/c1-13(2)16-10-5-4-7-14-8-6-9-15(11-14)12-17-3/h6,8-9,11,13,16H,4-5,7,10,12H2,1-3H3. The molecular formula is C15H25NO. The van der Waals surface area contributed by atoms with Crippen molar-refractivity contribution >= 4 is 0 Å². The number of aryl methyl sites for hydroxylation is 1. The van der Waals surface area contributed by atoms with E-state index < -0.39 is 0 Å². The largest absolute Gasteiger partial charge is 0.380 e. The van der Waals surface area contributed by atoms with Crippen LogP contribution in [-0.2, 0) is 17.8 Å². The van der Waals surface area contributed by atoms with Gasteiger partial charge < -0.3 is 10.1 Å². The molecule has 1 rings (SSSR count). The van der Waals surface area contributed by atoms with E-state index in [1.54, 1.807) is 7.11 Å². The molecule has 0 atom stereocenters. The minimum atomic E-state index is 0.597. The molecule has 1 aromatic carbocycles. The maximum Gasteiger partial charge on any atom is 0.0713 e. The molecule has 0 amide bonds. The molecule has 0 saturated heterocycles. The molecule has 0 aliphatic rings. The van der Waals surface area contributed by atoms with E-state index >= 15 is 0 Å². The second-order valence-electron chi connectivity index (χ2n) is 4.82. The van der Waals surface area contributed by atoms with Crippen LogP contribution in [0.2, 0.25) is 0 Å². The molecule has 0 radical (unpaired) electrons. The van der Waals surface area contributed by atoms with Crippen molar-refractivity contribution in [2.75, 3.05) is 13.7 Å². The van der Waals surface area contributed by atoms with Gasteiger partial charge in [0.05, 0.1) is 6.61 Å². The van der Waals surface area contributed by atoms with Crippen LogP contribution in [0.4, 0.5) is 0 Å². The predicted molar refractivity (Wildman–Crippen MR) is 73.2 cm³/mol. The summed E-state index contributed by atoms with van der Waals surface area (Å²) >= 11 is 0. The fourth-order valence-corrected chi connectivity index (χ4v) is 1.89. The van der Waals surface area contributed by atoms with Gasteiger partial charge in [0.1, 0.15) is 0 Å². The Balaban J connectivity index is 2.24. The summed E-state index contributed by atoms with van der Waals surface area (Å²) in [5, 5.41) is 3.44.